The lowest BCUT2D eigenvalue weighted by molar-refractivity contribution is -0.210. The number of rotatable bonds is 30. The van der Waals surface area contributed by atoms with Gasteiger partial charge in [-0.1, -0.05) is 0 Å². The Morgan fingerprint density at radius 2 is 1.39 bits per heavy atom. The molecule has 0 saturated heterocycles. The van der Waals surface area contributed by atoms with Crippen LogP contribution in [0.2, 0.25) is 0 Å². The van der Waals surface area contributed by atoms with Gasteiger partial charge in [-0.15, -0.1) is 94.1 Å². The van der Waals surface area contributed by atoms with Gasteiger partial charge in [-0.05, 0) is 0 Å². The maximum absolute atomic E-state index is 11.7. The quantitative estimate of drug-likeness (QED) is 0.0159. The average molecular weight is 726 g/mol. The molecular weight excluding hydrogens is 691 g/mol. The minimum Gasteiger partial charge on any atom is -0.438 e. The first kappa shape index (κ1) is 39.6. The van der Waals surface area contributed by atoms with Crippen molar-refractivity contribution in [3.63, 3.8) is 0 Å². The number of carbonyl (C=O) groups is 1. The topological polar surface area (TPSA) is 120 Å². The molecule has 10 nitrogen and oxygen atoms in total. The van der Waals surface area contributed by atoms with E-state index in [-0.39, 0.29) is 12.7 Å². The zero-order chi connectivity index (χ0) is 27.6. The Morgan fingerprint density at radius 3 is 2.13 bits per heavy atom. The van der Waals surface area contributed by atoms with Gasteiger partial charge in [-0.25, -0.2) is 14.8 Å². The Hall–Kier alpha value is 1.59. The van der Waals surface area contributed by atoms with Crippen LogP contribution in [0.15, 0.2) is 9.98 Å². The second-order valence-corrected chi connectivity index (χ2v) is 17.1. The molecule has 0 aromatic heterocycles. The number of aliphatic imine (C=N–C) groups is 2. The van der Waals surface area contributed by atoms with Crippen LogP contribution in [-0.4, -0.2) is 109 Å². The Kier molecular flexibility index (Phi) is 38.1. The standard InChI is InChI=1S/C18H35N3O7S10/c22-1-3-30-4-2-25-26-6-20-8-31-12-35-16-36-13-32-9-21-18(23)24-10-33-14-37-17-38-15-34-11-28-27-5-19-7-29/h5-6,22,29H,1-4,7-17H2,(H,21,23)/b19-5+,20-6+. The van der Waals surface area contributed by atoms with E-state index < -0.39 is 0 Å². The molecule has 0 atom stereocenters. The van der Waals surface area contributed by atoms with Crippen LogP contribution in [0, 0.1) is 0 Å². The highest BCUT2D eigenvalue weighted by Crippen LogP contribution is 2.22. The molecule has 38 heavy (non-hydrogen) atoms. The monoisotopic (exact) mass is 725 g/mol. The first-order chi connectivity index (χ1) is 18.8. The Morgan fingerprint density at radius 1 is 0.763 bits per heavy atom. The van der Waals surface area contributed by atoms with Crippen LogP contribution in [0.3, 0.4) is 0 Å². The minimum absolute atomic E-state index is 0.179. The van der Waals surface area contributed by atoms with E-state index in [0.717, 1.165) is 36.3 Å². The lowest BCUT2D eigenvalue weighted by Gasteiger charge is -2.07. The molecule has 0 saturated carbocycles. The molecular formula is C18H35N3O7S10. The van der Waals surface area contributed by atoms with E-state index in [2.05, 4.69) is 27.9 Å². The fourth-order valence-corrected chi connectivity index (χ4v) is 10.3. The number of carbonyl (C=O) groups excluding carboxylic acids is 1. The third kappa shape index (κ3) is 35.6. The van der Waals surface area contributed by atoms with Gasteiger partial charge in [0.1, 0.15) is 18.5 Å². The van der Waals surface area contributed by atoms with E-state index in [4.69, 9.17) is 29.4 Å². The second kappa shape index (κ2) is 36.6. The summed E-state index contributed by atoms with van der Waals surface area (Å²) in [6, 6.07) is 0. The largest absolute Gasteiger partial charge is 0.438 e. The van der Waals surface area contributed by atoms with Gasteiger partial charge in [0.15, 0.2) is 0 Å². The lowest BCUT2D eigenvalue weighted by Crippen LogP contribution is -2.23. The number of ether oxygens (including phenoxy) is 1. The van der Waals surface area contributed by atoms with Crippen molar-refractivity contribution >= 4 is 137 Å². The molecule has 0 aliphatic heterocycles. The number of amides is 1. The van der Waals surface area contributed by atoms with Crippen LogP contribution in [0.5, 0.6) is 0 Å². The number of thioether (sulfide) groups is 9. The Labute approximate surface area is 269 Å². The van der Waals surface area contributed by atoms with E-state index in [9.17, 15) is 4.79 Å². The van der Waals surface area contributed by atoms with Crippen LogP contribution in [0.1, 0.15) is 0 Å². The summed E-state index contributed by atoms with van der Waals surface area (Å²) in [5, 5.41) is 17.0. The maximum atomic E-state index is 11.7. The molecule has 0 aromatic rings. The van der Waals surface area contributed by atoms with Crippen molar-refractivity contribution in [3.8, 4) is 0 Å². The molecule has 0 bridgehead atoms. The SMILES string of the molecule is O=C(NCSCSCSCSC/N=C/OOCCSCCO)OCSCSCSCSCOO/C=N/CS. The van der Waals surface area contributed by atoms with Crippen molar-refractivity contribution in [3.05, 3.63) is 0 Å². The van der Waals surface area contributed by atoms with Crippen molar-refractivity contribution in [1.29, 1.82) is 0 Å². The number of hydrogen-bond acceptors (Lipinski definition) is 19. The summed E-state index contributed by atoms with van der Waals surface area (Å²) in [7, 11) is 0. The third-order valence-corrected chi connectivity index (χ3v) is 13.2. The molecule has 0 aromatic carbocycles. The van der Waals surface area contributed by atoms with Gasteiger partial charge in [0, 0.05) is 42.0 Å². The molecule has 224 valence electrons. The summed E-state index contributed by atoms with van der Waals surface area (Å²) in [5.74, 6) is 3.80. The van der Waals surface area contributed by atoms with Gasteiger partial charge in [-0.2, -0.15) is 34.2 Å². The molecule has 2 N–H and O–H groups in total. The van der Waals surface area contributed by atoms with Crippen molar-refractivity contribution < 1.29 is 34.2 Å². The number of aliphatic hydroxyl groups is 1. The molecule has 0 fully saturated rings. The Balaban J connectivity index is 3.20. The predicted molar refractivity (Wildman–Crippen MR) is 183 cm³/mol. The highest BCUT2D eigenvalue weighted by atomic mass is 32.3. The molecule has 0 rings (SSSR count). The second-order valence-electron chi connectivity index (χ2n) is 5.64. The van der Waals surface area contributed by atoms with Crippen LogP contribution in [0.25, 0.3) is 0 Å². The number of aliphatic hydroxyl groups excluding tert-OH is 1. The van der Waals surface area contributed by atoms with E-state index in [0.29, 0.717) is 41.9 Å². The van der Waals surface area contributed by atoms with Crippen LogP contribution in [-0.2, 0) is 24.3 Å². The molecule has 0 unspecified atom stereocenters. The molecule has 0 heterocycles. The predicted octanol–water partition coefficient (Wildman–Crippen LogP) is 5.72. The number of alkyl carbamates (subject to hydrolysis) is 1. The van der Waals surface area contributed by atoms with Crippen molar-refractivity contribution in [2.45, 2.75) is 0 Å². The van der Waals surface area contributed by atoms with E-state index in [1.807, 2.05) is 23.5 Å². The van der Waals surface area contributed by atoms with Crippen molar-refractivity contribution in [1.82, 2.24) is 5.32 Å². The number of thiol groups is 1. The highest BCUT2D eigenvalue weighted by Gasteiger charge is 2.01. The number of nitrogens with zero attached hydrogens (tertiary/aromatic N) is 2. The zero-order valence-corrected chi connectivity index (χ0v) is 28.9. The molecule has 20 heteroatoms. The summed E-state index contributed by atoms with van der Waals surface area (Å²) in [6.45, 7) is 0.644. The van der Waals surface area contributed by atoms with Gasteiger partial charge in [0.25, 0.3) is 0 Å². The van der Waals surface area contributed by atoms with Gasteiger partial charge in [0.05, 0.1) is 24.2 Å². The average Bonchev–Trinajstić information content (AvgIpc) is 2.92. The highest BCUT2D eigenvalue weighted by molar-refractivity contribution is 8.26. The molecule has 1 amide bonds. The molecule has 0 spiro atoms. The summed E-state index contributed by atoms with van der Waals surface area (Å²) in [5.41, 5.74) is 0. The van der Waals surface area contributed by atoms with Crippen molar-refractivity contribution in [2.24, 2.45) is 9.98 Å². The Bertz CT molecular complexity index is 563. The fourth-order valence-electron chi connectivity index (χ4n) is 1.50. The van der Waals surface area contributed by atoms with Crippen molar-refractivity contribution in [2.75, 3.05) is 84.7 Å². The summed E-state index contributed by atoms with van der Waals surface area (Å²) in [6.07, 6.45) is 2.17. The smallest absolute Gasteiger partial charge is 0.408 e. The fraction of sp³-hybridized carbons (Fsp3) is 0.833. The minimum atomic E-state index is -0.381. The number of hydrogen-bond donors (Lipinski definition) is 3. The summed E-state index contributed by atoms with van der Waals surface area (Å²) >= 11 is 19.3. The number of nitrogens with one attached hydrogen (secondary N) is 1. The van der Waals surface area contributed by atoms with Crippen LogP contribution < -0.4 is 5.32 Å². The molecule has 0 aliphatic rings. The van der Waals surface area contributed by atoms with Crippen LogP contribution >= 0.6 is 118 Å². The van der Waals surface area contributed by atoms with Gasteiger partial charge >= 0.3 is 6.09 Å². The zero-order valence-electron chi connectivity index (χ0n) is 20.7. The van der Waals surface area contributed by atoms with Gasteiger partial charge in [-0.3, -0.25) is 0 Å². The van der Waals surface area contributed by atoms with E-state index in [1.54, 1.807) is 82.3 Å². The van der Waals surface area contributed by atoms with Gasteiger partial charge in [0.2, 0.25) is 12.8 Å². The third-order valence-electron chi connectivity index (χ3n) is 2.89. The van der Waals surface area contributed by atoms with E-state index in [1.165, 1.54) is 12.8 Å². The summed E-state index contributed by atoms with van der Waals surface area (Å²) < 4.78 is 5.15. The summed E-state index contributed by atoms with van der Waals surface area (Å²) in [4.78, 5) is 38.9. The van der Waals surface area contributed by atoms with Crippen LogP contribution in [0.4, 0.5) is 4.79 Å². The molecule has 0 radical (unpaired) electrons. The first-order valence-electron chi connectivity index (χ1n) is 10.7. The maximum Gasteiger partial charge on any atom is 0.408 e. The molecule has 0 aliphatic carbocycles. The van der Waals surface area contributed by atoms with E-state index >= 15 is 0 Å². The normalized spacial score (nSPS) is 11.4. The van der Waals surface area contributed by atoms with Gasteiger partial charge < -0.3 is 24.9 Å². The first-order valence-corrected chi connectivity index (χ1v) is 21.7. The lowest BCUT2D eigenvalue weighted by atomic mass is 10.9.